The lowest BCUT2D eigenvalue weighted by molar-refractivity contribution is -0.141. The zero-order chi connectivity index (χ0) is 16.9. The minimum atomic E-state index is -0.690. The molecule has 1 rings (SSSR count). The van der Waals surface area contributed by atoms with E-state index in [1.54, 1.807) is 0 Å². The molecule has 0 heterocycles. The lowest BCUT2D eigenvalue weighted by atomic mass is 10.0. The molecular weight excluding hydrogens is 310 g/mol. The molecule has 2 atom stereocenters. The number of carbonyl (C=O) groups excluding carboxylic acids is 1. The molecule has 0 aromatic rings. The first-order valence-corrected chi connectivity index (χ1v) is 9.87. The van der Waals surface area contributed by atoms with Crippen LogP contribution in [-0.2, 0) is 9.59 Å². The van der Waals surface area contributed by atoms with Crippen LogP contribution in [0.4, 0.5) is 0 Å². The third-order valence-electron chi connectivity index (χ3n) is 4.79. The molecule has 1 amide bonds. The Kier molecular flexibility index (Phi) is 11.2. The van der Waals surface area contributed by atoms with Gasteiger partial charge in [-0.3, -0.25) is 9.59 Å². The van der Waals surface area contributed by atoms with Crippen LogP contribution in [0.3, 0.4) is 0 Å². The highest BCUT2D eigenvalue weighted by Gasteiger charge is 2.29. The first kappa shape index (κ1) is 20.3. The van der Waals surface area contributed by atoms with E-state index in [1.165, 1.54) is 38.5 Å². The van der Waals surface area contributed by atoms with Gasteiger partial charge in [-0.2, -0.15) is 12.6 Å². The number of rotatable bonds is 13. The van der Waals surface area contributed by atoms with Crippen LogP contribution in [-0.4, -0.2) is 29.3 Å². The normalized spacial score (nSPS) is 20.6. The standard InChI is InChI=1S/C18H33NO3S/c20-17(9-7-5-3-1-2-4-6-8-12-23)19-14-15-10-11-16(13-15)18(21)22/h15-16,23H,1-14H2,(H,19,20)(H,21,22)/t15-,16+/m1/s1. The van der Waals surface area contributed by atoms with Crippen molar-refractivity contribution < 1.29 is 14.7 Å². The molecule has 134 valence electrons. The number of carboxylic acid groups (broad SMARTS) is 1. The lowest BCUT2D eigenvalue weighted by Crippen LogP contribution is -2.28. The fourth-order valence-corrected chi connectivity index (χ4v) is 3.51. The predicted molar refractivity (Wildman–Crippen MR) is 96.9 cm³/mol. The Morgan fingerprint density at radius 2 is 1.57 bits per heavy atom. The van der Waals surface area contributed by atoms with Gasteiger partial charge in [-0.05, 0) is 43.8 Å². The fraction of sp³-hybridized carbons (Fsp3) is 0.889. The highest BCUT2D eigenvalue weighted by atomic mass is 32.1. The predicted octanol–water partition coefficient (Wildman–Crippen LogP) is 4.04. The van der Waals surface area contributed by atoms with Crippen molar-refractivity contribution in [2.75, 3.05) is 12.3 Å². The van der Waals surface area contributed by atoms with E-state index >= 15 is 0 Å². The second kappa shape index (κ2) is 12.7. The quantitative estimate of drug-likeness (QED) is 0.349. The molecule has 1 aliphatic carbocycles. The molecule has 0 radical (unpaired) electrons. The van der Waals surface area contributed by atoms with E-state index in [4.69, 9.17) is 5.11 Å². The zero-order valence-electron chi connectivity index (χ0n) is 14.3. The van der Waals surface area contributed by atoms with Crippen molar-refractivity contribution in [3.8, 4) is 0 Å². The minimum absolute atomic E-state index is 0.123. The zero-order valence-corrected chi connectivity index (χ0v) is 15.2. The van der Waals surface area contributed by atoms with E-state index < -0.39 is 5.97 Å². The van der Waals surface area contributed by atoms with Crippen LogP contribution in [0.15, 0.2) is 0 Å². The number of hydrogen-bond donors (Lipinski definition) is 3. The summed E-state index contributed by atoms with van der Waals surface area (Å²) in [4.78, 5) is 22.7. The topological polar surface area (TPSA) is 66.4 Å². The van der Waals surface area contributed by atoms with E-state index in [0.717, 1.165) is 31.4 Å². The monoisotopic (exact) mass is 343 g/mol. The van der Waals surface area contributed by atoms with Gasteiger partial charge < -0.3 is 10.4 Å². The lowest BCUT2D eigenvalue weighted by Gasteiger charge is -2.11. The van der Waals surface area contributed by atoms with Crippen LogP contribution in [0.25, 0.3) is 0 Å². The highest BCUT2D eigenvalue weighted by molar-refractivity contribution is 7.80. The molecule has 23 heavy (non-hydrogen) atoms. The summed E-state index contributed by atoms with van der Waals surface area (Å²) in [5.74, 6) is 0.566. The van der Waals surface area contributed by atoms with E-state index in [0.29, 0.717) is 25.3 Å². The van der Waals surface area contributed by atoms with Crippen molar-refractivity contribution in [1.82, 2.24) is 5.32 Å². The second-order valence-electron chi connectivity index (χ2n) is 6.82. The van der Waals surface area contributed by atoms with Crippen LogP contribution in [0, 0.1) is 11.8 Å². The molecule has 1 fully saturated rings. The first-order valence-electron chi connectivity index (χ1n) is 9.24. The first-order chi connectivity index (χ1) is 11.1. The molecule has 2 N–H and O–H groups in total. The molecule has 0 spiro atoms. The summed E-state index contributed by atoms with van der Waals surface area (Å²) in [6.07, 6.45) is 12.7. The maximum Gasteiger partial charge on any atom is 0.306 e. The van der Waals surface area contributed by atoms with Gasteiger partial charge in [0.1, 0.15) is 0 Å². The summed E-state index contributed by atoms with van der Waals surface area (Å²) >= 11 is 4.21. The number of thiol groups is 1. The van der Waals surface area contributed by atoms with Crippen molar-refractivity contribution >= 4 is 24.5 Å². The molecule has 0 aromatic carbocycles. The van der Waals surface area contributed by atoms with E-state index in [-0.39, 0.29) is 11.8 Å². The SMILES string of the molecule is O=C(CCCCCCCCCCS)NC[C@@H]1CC[C@H](C(=O)O)C1. The van der Waals surface area contributed by atoms with Crippen molar-refractivity contribution in [3.63, 3.8) is 0 Å². The van der Waals surface area contributed by atoms with Crippen LogP contribution in [0.2, 0.25) is 0 Å². The van der Waals surface area contributed by atoms with Crippen molar-refractivity contribution in [3.05, 3.63) is 0 Å². The van der Waals surface area contributed by atoms with E-state index in [2.05, 4.69) is 17.9 Å². The van der Waals surface area contributed by atoms with Crippen molar-refractivity contribution in [2.24, 2.45) is 11.8 Å². The van der Waals surface area contributed by atoms with Crippen LogP contribution >= 0.6 is 12.6 Å². The maximum atomic E-state index is 11.8. The molecular formula is C18H33NO3S. The molecule has 5 heteroatoms. The van der Waals surface area contributed by atoms with Crippen LogP contribution in [0.1, 0.15) is 77.0 Å². The fourth-order valence-electron chi connectivity index (χ4n) is 3.29. The number of amides is 1. The summed E-state index contributed by atoms with van der Waals surface area (Å²) in [5, 5.41) is 11.9. The molecule has 1 saturated carbocycles. The maximum absolute atomic E-state index is 11.8. The van der Waals surface area contributed by atoms with Gasteiger partial charge in [-0.1, -0.05) is 38.5 Å². The molecule has 0 aromatic heterocycles. The Balaban J connectivity index is 1.90. The third-order valence-corrected chi connectivity index (χ3v) is 5.11. The third kappa shape index (κ3) is 9.90. The Morgan fingerprint density at radius 1 is 0.957 bits per heavy atom. The number of aliphatic carboxylic acids is 1. The van der Waals surface area contributed by atoms with Gasteiger partial charge in [0.25, 0.3) is 0 Å². The average Bonchev–Trinajstić information content (AvgIpc) is 3.00. The number of unbranched alkanes of at least 4 members (excludes halogenated alkanes) is 7. The van der Waals surface area contributed by atoms with Crippen molar-refractivity contribution in [2.45, 2.75) is 77.0 Å². The summed E-state index contributed by atoms with van der Waals surface area (Å²) in [6, 6.07) is 0. The molecule has 0 bridgehead atoms. The van der Waals surface area contributed by atoms with Gasteiger partial charge in [0, 0.05) is 13.0 Å². The Bertz CT molecular complexity index is 349. The molecule has 0 aliphatic heterocycles. The number of carboxylic acids is 1. The van der Waals surface area contributed by atoms with Gasteiger partial charge in [-0.25, -0.2) is 0 Å². The average molecular weight is 344 g/mol. The summed E-state index contributed by atoms with van der Waals surface area (Å²) in [7, 11) is 0. The van der Waals surface area contributed by atoms with Gasteiger partial charge >= 0.3 is 5.97 Å². The van der Waals surface area contributed by atoms with Crippen LogP contribution < -0.4 is 5.32 Å². The second-order valence-corrected chi connectivity index (χ2v) is 7.27. The van der Waals surface area contributed by atoms with Crippen molar-refractivity contribution in [1.29, 1.82) is 0 Å². The number of nitrogens with one attached hydrogen (secondary N) is 1. The summed E-state index contributed by atoms with van der Waals surface area (Å²) in [5.41, 5.74) is 0. The van der Waals surface area contributed by atoms with E-state index in [1.807, 2.05) is 0 Å². The molecule has 4 nitrogen and oxygen atoms in total. The number of carbonyl (C=O) groups is 2. The largest absolute Gasteiger partial charge is 0.481 e. The van der Waals surface area contributed by atoms with Gasteiger partial charge in [0.05, 0.1) is 5.92 Å². The molecule has 0 saturated heterocycles. The van der Waals surface area contributed by atoms with Crippen LogP contribution in [0.5, 0.6) is 0 Å². The Hall–Kier alpha value is -0.710. The minimum Gasteiger partial charge on any atom is -0.481 e. The highest BCUT2D eigenvalue weighted by Crippen LogP contribution is 2.30. The summed E-state index contributed by atoms with van der Waals surface area (Å²) < 4.78 is 0. The van der Waals surface area contributed by atoms with Gasteiger partial charge in [-0.15, -0.1) is 0 Å². The number of hydrogen-bond acceptors (Lipinski definition) is 3. The van der Waals surface area contributed by atoms with Gasteiger partial charge in [0.15, 0.2) is 0 Å². The summed E-state index contributed by atoms with van der Waals surface area (Å²) in [6.45, 7) is 0.647. The van der Waals surface area contributed by atoms with E-state index in [9.17, 15) is 9.59 Å². The Labute approximate surface area is 146 Å². The smallest absolute Gasteiger partial charge is 0.306 e. The Morgan fingerprint density at radius 3 is 2.13 bits per heavy atom. The molecule has 1 aliphatic rings. The van der Waals surface area contributed by atoms with Gasteiger partial charge in [0.2, 0.25) is 5.91 Å². The molecule has 0 unspecified atom stereocenters.